The molecular formula is C13H16Br2N2. The van der Waals surface area contributed by atoms with Crippen LogP contribution in [0.15, 0.2) is 49.1 Å². The minimum absolute atomic E-state index is 0. The van der Waals surface area contributed by atoms with Crippen molar-refractivity contribution in [1.82, 2.24) is 0 Å². The van der Waals surface area contributed by atoms with E-state index in [9.17, 15) is 0 Å². The van der Waals surface area contributed by atoms with Crippen LogP contribution in [0.5, 0.6) is 0 Å². The number of hydrogen-bond acceptors (Lipinski definition) is 0. The minimum Gasteiger partial charge on any atom is -1.00 e. The zero-order valence-electron chi connectivity index (χ0n) is 9.74. The average molecular weight is 360 g/mol. The van der Waals surface area contributed by atoms with Gasteiger partial charge in [0.15, 0.2) is 24.8 Å². The lowest BCUT2D eigenvalue weighted by Crippen LogP contribution is -3.00. The van der Waals surface area contributed by atoms with E-state index < -0.39 is 0 Å². The summed E-state index contributed by atoms with van der Waals surface area (Å²) in [5, 5.41) is 0. The number of nitrogens with zero attached hydrogens (tertiary/aromatic N) is 1. The standard InChI is InChI=1S/C13H15N2.2BrH/c1-2-9-15-10-5-13(6-11-15)12-3-7-14-8-4-12;;/h3-8,10-11H,2,9H2,1H3;2*1H/q+1;;/p-1. The average Bonchev–Trinajstić information content (AvgIpc) is 2.32. The first-order valence-corrected chi connectivity index (χ1v) is 5.36. The number of aryl methyl sites for hydroxylation is 1. The molecule has 2 rings (SSSR count). The van der Waals surface area contributed by atoms with Crippen LogP contribution in [0, 0.1) is 0 Å². The SMILES string of the molecule is CCC[n+]1ccc(-c2cc[nH+]cc2)cc1.[Br-].[Br-]. The van der Waals surface area contributed by atoms with Crippen LogP contribution in [0.3, 0.4) is 0 Å². The summed E-state index contributed by atoms with van der Waals surface area (Å²) in [6.45, 7) is 3.27. The topological polar surface area (TPSA) is 18.0 Å². The van der Waals surface area contributed by atoms with Crippen molar-refractivity contribution >= 4 is 0 Å². The fraction of sp³-hybridized carbons (Fsp3) is 0.231. The normalized spacial score (nSPS) is 9.00. The number of rotatable bonds is 3. The first kappa shape index (κ1) is 16.3. The monoisotopic (exact) mass is 358 g/mol. The lowest BCUT2D eigenvalue weighted by molar-refractivity contribution is -0.696. The van der Waals surface area contributed by atoms with E-state index in [0.29, 0.717) is 0 Å². The zero-order chi connectivity index (χ0) is 10.5. The van der Waals surface area contributed by atoms with E-state index >= 15 is 0 Å². The van der Waals surface area contributed by atoms with Crippen molar-refractivity contribution in [2.24, 2.45) is 0 Å². The van der Waals surface area contributed by atoms with Gasteiger partial charge in [0.25, 0.3) is 0 Å². The Morgan fingerprint density at radius 2 is 1.47 bits per heavy atom. The summed E-state index contributed by atoms with van der Waals surface area (Å²) < 4.78 is 2.21. The smallest absolute Gasteiger partial charge is 0.169 e. The summed E-state index contributed by atoms with van der Waals surface area (Å²) in [5.41, 5.74) is 2.51. The molecule has 0 spiro atoms. The molecule has 0 aromatic carbocycles. The van der Waals surface area contributed by atoms with Crippen molar-refractivity contribution in [3.63, 3.8) is 0 Å². The molecule has 2 aromatic heterocycles. The molecule has 0 aliphatic rings. The minimum atomic E-state index is 0. The third-order valence-corrected chi connectivity index (χ3v) is 2.42. The van der Waals surface area contributed by atoms with Crippen LogP contribution in [-0.4, -0.2) is 0 Å². The summed E-state index contributed by atoms with van der Waals surface area (Å²) in [5.74, 6) is 0. The molecule has 2 nitrogen and oxygen atoms in total. The van der Waals surface area contributed by atoms with E-state index in [1.165, 1.54) is 17.5 Å². The van der Waals surface area contributed by atoms with Gasteiger partial charge in [0, 0.05) is 30.7 Å². The lowest BCUT2D eigenvalue weighted by Gasteiger charge is -1.98. The van der Waals surface area contributed by atoms with Crippen molar-refractivity contribution in [2.45, 2.75) is 19.9 Å². The number of H-pyrrole nitrogens is 1. The predicted octanol–water partition coefficient (Wildman–Crippen LogP) is -4.13. The van der Waals surface area contributed by atoms with Crippen LogP contribution < -0.4 is 43.5 Å². The number of halogens is 2. The number of aromatic nitrogens is 2. The third kappa shape index (κ3) is 4.56. The Hall–Kier alpha value is -0.740. The number of hydrogen-bond donors (Lipinski definition) is 0. The molecular weight excluding hydrogens is 344 g/mol. The Bertz CT molecular complexity index is 415. The van der Waals surface area contributed by atoms with Gasteiger partial charge >= 0.3 is 0 Å². The van der Waals surface area contributed by atoms with Crippen LogP contribution in [0.1, 0.15) is 13.3 Å². The Labute approximate surface area is 123 Å². The maximum Gasteiger partial charge on any atom is 0.169 e. The van der Waals surface area contributed by atoms with E-state index in [1.807, 2.05) is 12.4 Å². The van der Waals surface area contributed by atoms with Gasteiger partial charge in [0.1, 0.15) is 6.54 Å². The van der Waals surface area contributed by atoms with Crippen LogP contribution in [0.4, 0.5) is 0 Å². The van der Waals surface area contributed by atoms with Gasteiger partial charge < -0.3 is 34.0 Å². The Kier molecular flexibility index (Phi) is 8.00. The second kappa shape index (κ2) is 8.37. The molecule has 0 unspecified atom stereocenters. The third-order valence-electron chi connectivity index (χ3n) is 2.42. The highest BCUT2D eigenvalue weighted by molar-refractivity contribution is 5.60. The Balaban J connectivity index is 0.00000128. The van der Waals surface area contributed by atoms with Crippen LogP contribution in [0.2, 0.25) is 0 Å². The fourth-order valence-electron chi connectivity index (χ4n) is 1.64. The largest absolute Gasteiger partial charge is 1.00 e. The molecule has 0 amide bonds. The molecule has 0 saturated carbocycles. The maximum absolute atomic E-state index is 3.03. The molecule has 2 heterocycles. The predicted molar refractivity (Wildman–Crippen MR) is 58.9 cm³/mol. The summed E-state index contributed by atoms with van der Waals surface area (Å²) in [4.78, 5) is 3.03. The molecule has 92 valence electrons. The molecule has 4 heteroatoms. The van der Waals surface area contributed by atoms with Crippen molar-refractivity contribution in [2.75, 3.05) is 0 Å². The molecule has 17 heavy (non-hydrogen) atoms. The number of pyridine rings is 2. The van der Waals surface area contributed by atoms with Crippen LogP contribution >= 0.6 is 0 Å². The Morgan fingerprint density at radius 1 is 0.941 bits per heavy atom. The Morgan fingerprint density at radius 3 is 2.00 bits per heavy atom. The van der Waals surface area contributed by atoms with E-state index in [2.05, 4.69) is 53.1 Å². The van der Waals surface area contributed by atoms with Gasteiger partial charge in [-0.05, 0) is 11.1 Å². The molecule has 0 saturated heterocycles. The van der Waals surface area contributed by atoms with Gasteiger partial charge in [-0.25, -0.2) is 9.55 Å². The summed E-state index contributed by atoms with van der Waals surface area (Å²) in [6.07, 6.45) is 9.33. The summed E-state index contributed by atoms with van der Waals surface area (Å²) in [7, 11) is 0. The van der Waals surface area contributed by atoms with Gasteiger partial charge in [0.05, 0.1) is 0 Å². The summed E-state index contributed by atoms with van der Waals surface area (Å²) >= 11 is 0. The highest BCUT2D eigenvalue weighted by atomic mass is 79.9. The van der Waals surface area contributed by atoms with Gasteiger partial charge in [0.2, 0.25) is 0 Å². The molecule has 0 atom stereocenters. The second-order valence-electron chi connectivity index (χ2n) is 3.61. The van der Waals surface area contributed by atoms with Crippen molar-refractivity contribution < 1.29 is 43.5 Å². The first-order valence-electron chi connectivity index (χ1n) is 5.36. The molecule has 0 aliphatic carbocycles. The fourth-order valence-corrected chi connectivity index (χ4v) is 1.64. The molecule has 0 fully saturated rings. The second-order valence-corrected chi connectivity index (χ2v) is 3.61. The quantitative estimate of drug-likeness (QED) is 0.496. The molecule has 0 bridgehead atoms. The van der Waals surface area contributed by atoms with Gasteiger partial charge in [-0.2, -0.15) is 0 Å². The van der Waals surface area contributed by atoms with E-state index in [0.717, 1.165) is 6.54 Å². The van der Waals surface area contributed by atoms with Gasteiger partial charge in [-0.15, -0.1) is 0 Å². The van der Waals surface area contributed by atoms with Gasteiger partial charge in [-0.1, -0.05) is 6.92 Å². The van der Waals surface area contributed by atoms with E-state index in [4.69, 9.17) is 0 Å². The number of aromatic amines is 1. The van der Waals surface area contributed by atoms with Crippen molar-refractivity contribution in [3.8, 4) is 11.1 Å². The number of nitrogens with one attached hydrogen (secondary N) is 1. The molecule has 1 N–H and O–H groups in total. The zero-order valence-corrected chi connectivity index (χ0v) is 12.9. The van der Waals surface area contributed by atoms with Gasteiger partial charge in [-0.3, -0.25) is 0 Å². The van der Waals surface area contributed by atoms with E-state index in [1.54, 1.807) is 0 Å². The summed E-state index contributed by atoms with van der Waals surface area (Å²) in [6, 6.07) is 8.48. The van der Waals surface area contributed by atoms with E-state index in [-0.39, 0.29) is 34.0 Å². The highest BCUT2D eigenvalue weighted by Crippen LogP contribution is 2.14. The van der Waals surface area contributed by atoms with Crippen molar-refractivity contribution in [1.29, 1.82) is 0 Å². The first-order chi connectivity index (χ1) is 7.40. The molecule has 0 aliphatic heterocycles. The lowest BCUT2D eigenvalue weighted by atomic mass is 10.1. The van der Waals surface area contributed by atoms with Crippen molar-refractivity contribution in [3.05, 3.63) is 49.1 Å². The van der Waals surface area contributed by atoms with Crippen LogP contribution in [-0.2, 0) is 6.54 Å². The maximum atomic E-state index is 3.03. The molecule has 0 radical (unpaired) electrons. The molecule has 2 aromatic rings. The van der Waals surface area contributed by atoms with Crippen LogP contribution in [0.25, 0.3) is 11.1 Å². The highest BCUT2D eigenvalue weighted by Gasteiger charge is 2.01.